The van der Waals surface area contributed by atoms with Crippen LogP contribution in [-0.4, -0.2) is 23.1 Å². The fourth-order valence-corrected chi connectivity index (χ4v) is 3.01. The van der Waals surface area contributed by atoms with Gasteiger partial charge >= 0.3 is 6.18 Å². The number of aryl methyl sites for hydroxylation is 1. The van der Waals surface area contributed by atoms with Crippen molar-refractivity contribution in [1.29, 1.82) is 0 Å². The standard InChI is InChI=1S/C16H17F3N2/c1-11-3-5-12(6-4-11)15-13-7-8-14(16(17,18)19)21(13)10-9-20(15)2/h3-8,15H,9-10H2,1-2H3. The number of benzene rings is 1. The van der Waals surface area contributed by atoms with Crippen LogP contribution in [0.4, 0.5) is 13.2 Å². The highest BCUT2D eigenvalue weighted by atomic mass is 19.4. The summed E-state index contributed by atoms with van der Waals surface area (Å²) in [5, 5.41) is 0. The molecular formula is C16H17F3N2. The Labute approximate surface area is 121 Å². The lowest BCUT2D eigenvalue weighted by atomic mass is 9.99. The molecule has 21 heavy (non-hydrogen) atoms. The maximum atomic E-state index is 13.1. The minimum atomic E-state index is -4.30. The summed E-state index contributed by atoms with van der Waals surface area (Å²) in [7, 11) is 1.95. The third-order valence-electron chi connectivity index (χ3n) is 4.10. The highest BCUT2D eigenvalue weighted by molar-refractivity contribution is 5.34. The smallest absolute Gasteiger partial charge is 0.338 e. The van der Waals surface area contributed by atoms with Crippen LogP contribution in [0.15, 0.2) is 36.4 Å². The lowest BCUT2D eigenvalue weighted by molar-refractivity contribution is -0.144. The molecule has 0 aliphatic carbocycles. The number of aromatic nitrogens is 1. The van der Waals surface area contributed by atoms with Crippen LogP contribution in [0.3, 0.4) is 0 Å². The molecule has 0 saturated carbocycles. The van der Waals surface area contributed by atoms with Crippen LogP contribution in [0, 0.1) is 6.92 Å². The summed E-state index contributed by atoms with van der Waals surface area (Å²) in [5.41, 5.74) is 2.32. The van der Waals surface area contributed by atoms with Crippen LogP contribution in [-0.2, 0) is 12.7 Å². The molecule has 1 aliphatic heterocycles. The fourth-order valence-electron chi connectivity index (χ4n) is 3.01. The first-order chi connectivity index (χ1) is 9.88. The van der Waals surface area contributed by atoms with Gasteiger partial charge in [-0.05, 0) is 31.7 Å². The van der Waals surface area contributed by atoms with Crippen molar-refractivity contribution in [3.05, 3.63) is 58.9 Å². The van der Waals surface area contributed by atoms with Gasteiger partial charge < -0.3 is 4.57 Å². The SMILES string of the molecule is Cc1ccc(C2c3ccc(C(F)(F)F)n3CCN2C)cc1. The zero-order valence-corrected chi connectivity index (χ0v) is 12.0. The minimum absolute atomic E-state index is 0.129. The number of hydrogen-bond donors (Lipinski definition) is 0. The Balaban J connectivity index is 2.08. The average molecular weight is 294 g/mol. The maximum Gasteiger partial charge on any atom is 0.431 e. The molecule has 2 heterocycles. The Kier molecular flexibility index (Phi) is 3.32. The van der Waals surface area contributed by atoms with Crippen LogP contribution >= 0.6 is 0 Å². The molecule has 1 aromatic heterocycles. The summed E-state index contributed by atoms with van der Waals surface area (Å²) in [6, 6.07) is 10.6. The molecule has 0 saturated heterocycles. The van der Waals surface area contributed by atoms with Gasteiger partial charge in [0.2, 0.25) is 0 Å². The van der Waals surface area contributed by atoms with E-state index in [1.165, 1.54) is 10.6 Å². The molecule has 2 nitrogen and oxygen atoms in total. The number of rotatable bonds is 1. The predicted molar refractivity (Wildman–Crippen MR) is 75.1 cm³/mol. The van der Waals surface area contributed by atoms with E-state index in [0.717, 1.165) is 11.1 Å². The molecule has 1 unspecified atom stereocenters. The second kappa shape index (κ2) is 4.91. The van der Waals surface area contributed by atoms with Crippen LogP contribution in [0.1, 0.15) is 28.6 Å². The quantitative estimate of drug-likeness (QED) is 0.775. The van der Waals surface area contributed by atoms with Crippen molar-refractivity contribution >= 4 is 0 Å². The molecule has 3 rings (SSSR count). The lowest BCUT2D eigenvalue weighted by Gasteiger charge is -2.35. The molecule has 1 aliphatic rings. The van der Waals surface area contributed by atoms with Gasteiger partial charge in [0.05, 0.1) is 6.04 Å². The third-order valence-corrected chi connectivity index (χ3v) is 4.10. The summed E-state index contributed by atoms with van der Waals surface area (Å²) >= 11 is 0. The molecule has 0 amide bonds. The lowest BCUT2D eigenvalue weighted by Crippen LogP contribution is -2.36. The van der Waals surface area contributed by atoms with E-state index in [-0.39, 0.29) is 6.04 Å². The second-order valence-corrected chi connectivity index (χ2v) is 5.59. The van der Waals surface area contributed by atoms with Gasteiger partial charge in [-0.25, -0.2) is 0 Å². The highest BCUT2D eigenvalue weighted by Crippen LogP contribution is 2.37. The number of fused-ring (bicyclic) bond motifs is 1. The summed E-state index contributed by atoms with van der Waals surface area (Å²) in [5.74, 6) is 0. The van der Waals surface area contributed by atoms with Crippen molar-refractivity contribution in [1.82, 2.24) is 9.47 Å². The topological polar surface area (TPSA) is 8.17 Å². The predicted octanol–water partition coefficient (Wildman–Crippen LogP) is 3.85. The first kappa shape index (κ1) is 14.2. The Morgan fingerprint density at radius 2 is 1.67 bits per heavy atom. The largest absolute Gasteiger partial charge is 0.431 e. The Hall–Kier alpha value is -1.75. The number of halogens is 3. The van der Waals surface area contributed by atoms with Gasteiger partial charge in [0, 0.05) is 18.8 Å². The fraction of sp³-hybridized carbons (Fsp3) is 0.375. The normalized spacial score (nSPS) is 19.6. The van der Waals surface area contributed by atoms with Gasteiger partial charge in [0.1, 0.15) is 5.69 Å². The monoisotopic (exact) mass is 294 g/mol. The number of hydrogen-bond acceptors (Lipinski definition) is 1. The molecule has 0 spiro atoms. The van der Waals surface area contributed by atoms with E-state index < -0.39 is 11.9 Å². The summed E-state index contributed by atoms with van der Waals surface area (Å²) < 4.78 is 40.6. The molecule has 2 aromatic rings. The van der Waals surface area contributed by atoms with Crippen molar-refractivity contribution in [3.63, 3.8) is 0 Å². The number of likely N-dealkylation sites (N-methyl/N-ethyl adjacent to an activating group) is 1. The summed E-state index contributed by atoms with van der Waals surface area (Å²) in [6.07, 6.45) is -4.30. The van der Waals surface area contributed by atoms with Gasteiger partial charge in [-0.3, -0.25) is 4.90 Å². The van der Waals surface area contributed by atoms with Gasteiger partial charge in [0.15, 0.2) is 0 Å². The van der Waals surface area contributed by atoms with Crippen LogP contribution < -0.4 is 0 Å². The van der Waals surface area contributed by atoms with E-state index in [4.69, 9.17) is 0 Å². The van der Waals surface area contributed by atoms with E-state index in [2.05, 4.69) is 4.90 Å². The molecule has 1 aromatic carbocycles. The summed E-state index contributed by atoms with van der Waals surface area (Å²) in [6.45, 7) is 2.97. The zero-order chi connectivity index (χ0) is 15.2. The number of nitrogens with zero attached hydrogens (tertiary/aromatic N) is 2. The average Bonchev–Trinajstić information content (AvgIpc) is 2.84. The van der Waals surface area contributed by atoms with Crippen molar-refractivity contribution in [2.24, 2.45) is 0 Å². The molecular weight excluding hydrogens is 277 g/mol. The van der Waals surface area contributed by atoms with Crippen molar-refractivity contribution in [3.8, 4) is 0 Å². The molecule has 5 heteroatoms. The van der Waals surface area contributed by atoms with E-state index in [1.807, 2.05) is 38.2 Å². The van der Waals surface area contributed by atoms with Crippen LogP contribution in [0.2, 0.25) is 0 Å². The number of alkyl halides is 3. The molecule has 112 valence electrons. The second-order valence-electron chi connectivity index (χ2n) is 5.59. The molecule has 0 radical (unpaired) electrons. The zero-order valence-electron chi connectivity index (χ0n) is 12.0. The molecule has 0 fully saturated rings. The Morgan fingerprint density at radius 1 is 1.00 bits per heavy atom. The summed E-state index contributed by atoms with van der Waals surface area (Å²) in [4.78, 5) is 2.10. The van der Waals surface area contributed by atoms with E-state index in [0.29, 0.717) is 18.8 Å². The minimum Gasteiger partial charge on any atom is -0.338 e. The Morgan fingerprint density at radius 3 is 2.29 bits per heavy atom. The van der Waals surface area contributed by atoms with E-state index in [9.17, 15) is 13.2 Å². The molecule has 0 bridgehead atoms. The maximum absolute atomic E-state index is 13.1. The van der Waals surface area contributed by atoms with E-state index in [1.54, 1.807) is 6.07 Å². The van der Waals surface area contributed by atoms with Gasteiger partial charge in [-0.15, -0.1) is 0 Å². The van der Waals surface area contributed by atoms with Crippen molar-refractivity contribution < 1.29 is 13.2 Å². The van der Waals surface area contributed by atoms with Gasteiger partial charge in [-0.2, -0.15) is 13.2 Å². The highest BCUT2D eigenvalue weighted by Gasteiger charge is 2.38. The van der Waals surface area contributed by atoms with Crippen LogP contribution in [0.25, 0.3) is 0 Å². The van der Waals surface area contributed by atoms with Gasteiger partial charge in [0.25, 0.3) is 0 Å². The first-order valence-corrected chi connectivity index (χ1v) is 6.91. The Bertz CT molecular complexity index is 641. The molecule has 0 N–H and O–H groups in total. The van der Waals surface area contributed by atoms with E-state index >= 15 is 0 Å². The van der Waals surface area contributed by atoms with Gasteiger partial charge in [-0.1, -0.05) is 29.8 Å². The third kappa shape index (κ3) is 2.46. The van der Waals surface area contributed by atoms with Crippen molar-refractivity contribution in [2.45, 2.75) is 25.7 Å². The molecule has 1 atom stereocenters. The van der Waals surface area contributed by atoms with Crippen molar-refractivity contribution in [2.75, 3.05) is 13.6 Å². The van der Waals surface area contributed by atoms with Crippen LogP contribution in [0.5, 0.6) is 0 Å². The first-order valence-electron chi connectivity index (χ1n) is 6.91.